The van der Waals surface area contributed by atoms with Crippen LogP contribution in [0, 0.1) is 0 Å². The Labute approximate surface area is 239 Å². The van der Waals surface area contributed by atoms with Crippen LogP contribution in [0.25, 0.3) is 10.9 Å². The first kappa shape index (κ1) is 28.7. The number of rotatable bonds is 10. The van der Waals surface area contributed by atoms with E-state index in [1.807, 2.05) is 42.5 Å². The average Bonchev–Trinajstić information content (AvgIpc) is 2.95. The first-order chi connectivity index (χ1) is 19.4. The molecule has 2 aliphatic rings. The third-order valence-corrected chi connectivity index (χ3v) is 7.82. The molecule has 0 bridgehead atoms. The molecule has 5 rings (SSSR count). The predicted octanol–water partition coefficient (Wildman–Crippen LogP) is 2.62. The van der Waals surface area contributed by atoms with E-state index >= 15 is 0 Å². The number of nitrogens with one attached hydrogen (secondary N) is 3. The number of carbonyl (C=O) groups is 1. The fraction of sp³-hybridized carbons (Fsp3) is 0.467. The summed E-state index contributed by atoms with van der Waals surface area (Å²) < 4.78 is 11.6. The highest BCUT2D eigenvalue weighted by Gasteiger charge is 2.21. The number of hydrogen-bond donors (Lipinski definition) is 3. The second-order valence-corrected chi connectivity index (χ2v) is 11.1. The summed E-state index contributed by atoms with van der Waals surface area (Å²) in [4.78, 5) is 34.6. The summed E-state index contributed by atoms with van der Waals surface area (Å²) in [7, 11) is 2.12. The number of likely N-dealkylation sites (N-methyl/N-ethyl adjacent to an activating group) is 1. The lowest BCUT2D eigenvalue weighted by Crippen LogP contribution is -2.49. The van der Waals surface area contributed by atoms with Crippen LogP contribution < -0.4 is 16.1 Å². The van der Waals surface area contributed by atoms with Crippen molar-refractivity contribution in [2.75, 3.05) is 59.6 Å². The number of pyridine rings is 1. The van der Waals surface area contributed by atoms with Gasteiger partial charge in [-0.05, 0) is 48.9 Å². The van der Waals surface area contributed by atoms with Crippen LogP contribution >= 0.6 is 11.6 Å². The lowest BCUT2D eigenvalue weighted by Gasteiger charge is -2.31. The summed E-state index contributed by atoms with van der Waals surface area (Å²) in [6.07, 6.45) is 2.16. The Morgan fingerprint density at radius 2 is 1.93 bits per heavy atom. The normalized spacial score (nSPS) is 19.5. The van der Waals surface area contributed by atoms with E-state index in [0.29, 0.717) is 48.2 Å². The molecule has 0 saturated carbocycles. The van der Waals surface area contributed by atoms with Gasteiger partial charge in [-0.25, -0.2) is 0 Å². The maximum atomic E-state index is 13.5. The molecule has 2 atom stereocenters. The molecule has 9 nitrogen and oxygen atoms in total. The van der Waals surface area contributed by atoms with Crippen LogP contribution in [-0.4, -0.2) is 92.6 Å². The van der Waals surface area contributed by atoms with Gasteiger partial charge in [-0.3, -0.25) is 14.5 Å². The summed E-state index contributed by atoms with van der Waals surface area (Å²) in [5, 5.41) is 7.63. The maximum absolute atomic E-state index is 13.5. The lowest BCUT2D eigenvalue weighted by atomic mass is 10.1. The van der Waals surface area contributed by atoms with Gasteiger partial charge < -0.3 is 30.0 Å². The van der Waals surface area contributed by atoms with Crippen LogP contribution in [0.5, 0.6) is 0 Å². The van der Waals surface area contributed by atoms with Gasteiger partial charge in [0.1, 0.15) is 11.8 Å². The summed E-state index contributed by atoms with van der Waals surface area (Å²) in [5.74, 6) is -0.462. The number of halogens is 1. The zero-order chi connectivity index (χ0) is 27.9. The maximum Gasteiger partial charge on any atom is 0.258 e. The monoisotopic (exact) mass is 567 g/mol. The van der Waals surface area contributed by atoms with E-state index in [4.69, 9.17) is 21.1 Å². The van der Waals surface area contributed by atoms with Crippen LogP contribution in [0.2, 0.25) is 5.02 Å². The Bertz CT molecular complexity index is 1340. The SMILES string of the molecule is CN1CCNC(CCOC(Cc2ccc(Cl)cc2)NC(=O)c2c[nH]c3ccc(CN4CCOCC4)cc3c2=O)C1. The van der Waals surface area contributed by atoms with Crippen molar-refractivity contribution in [3.8, 4) is 0 Å². The molecule has 2 saturated heterocycles. The molecule has 0 aliphatic carbocycles. The molecule has 10 heteroatoms. The number of carbonyl (C=O) groups excluding carboxylic acids is 1. The van der Waals surface area contributed by atoms with Crippen molar-refractivity contribution < 1.29 is 14.3 Å². The van der Waals surface area contributed by atoms with Crippen molar-refractivity contribution in [1.82, 2.24) is 25.4 Å². The molecule has 2 aromatic carbocycles. The van der Waals surface area contributed by atoms with Gasteiger partial charge in [0.15, 0.2) is 0 Å². The number of aromatic amines is 1. The smallest absolute Gasteiger partial charge is 0.258 e. The van der Waals surface area contributed by atoms with E-state index < -0.39 is 12.1 Å². The Kier molecular flexibility index (Phi) is 9.85. The number of aromatic nitrogens is 1. The van der Waals surface area contributed by atoms with E-state index in [1.165, 1.54) is 6.20 Å². The number of nitrogens with zero attached hydrogens (tertiary/aromatic N) is 2. The molecule has 3 N–H and O–H groups in total. The predicted molar refractivity (Wildman–Crippen MR) is 157 cm³/mol. The Hall–Kier alpha value is -2.79. The van der Waals surface area contributed by atoms with Crippen molar-refractivity contribution in [3.05, 3.63) is 80.6 Å². The average molecular weight is 568 g/mol. The van der Waals surface area contributed by atoms with Gasteiger partial charge in [-0.15, -0.1) is 0 Å². The number of H-pyrrole nitrogens is 1. The minimum absolute atomic E-state index is 0.0660. The topological polar surface area (TPSA) is 98.9 Å². The molecule has 0 radical (unpaired) electrons. The second kappa shape index (κ2) is 13.7. The highest BCUT2D eigenvalue weighted by atomic mass is 35.5. The first-order valence-corrected chi connectivity index (χ1v) is 14.4. The molecule has 3 aromatic rings. The van der Waals surface area contributed by atoms with Crippen LogP contribution in [0.3, 0.4) is 0 Å². The highest BCUT2D eigenvalue weighted by Crippen LogP contribution is 2.16. The zero-order valence-corrected chi connectivity index (χ0v) is 23.7. The van der Waals surface area contributed by atoms with Gasteiger partial charge in [0.2, 0.25) is 5.43 Å². The fourth-order valence-corrected chi connectivity index (χ4v) is 5.42. The lowest BCUT2D eigenvalue weighted by molar-refractivity contribution is 0.0214. The first-order valence-electron chi connectivity index (χ1n) is 14.0. The van der Waals surface area contributed by atoms with E-state index in [9.17, 15) is 9.59 Å². The number of hydrogen-bond acceptors (Lipinski definition) is 7. The molecule has 0 spiro atoms. The van der Waals surface area contributed by atoms with Crippen molar-refractivity contribution in [2.45, 2.75) is 31.7 Å². The molecule has 2 unspecified atom stereocenters. The summed E-state index contributed by atoms with van der Waals surface area (Å²) in [5.41, 5.74) is 2.48. The number of benzene rings is 2. The van der Waals surface area contributed by atoms with Crippen molar-refractivity contribution >= 4 is 28.4 Å². The van der Waals surface area contributed by atoms with Gasteiger partial charge in [0.05, 0.1) is 19.8 Å². The van der Waals surface area contributed by atoms with Gasteiger partial charge in [0, 0.05) is 73.9 Å². The van der Waals surface area contributed by atoms with Gasteiger partial charge in [-0.2, -0.15) is 0 Å². The summed E-state index contributed by atoms with van der Waals surface area (Å²) >= 11 is 6.07. The number of amides is 1. The number of piperazine rings is 1. The summed E-state index contributed by atoms with van der Waals surface area (Å²) in [6, 6.07) is 13.6. The third-order valence-electron chi connectivity index (χ3n) is 7.57. The van der Waals surface area contributed by atoms with E-state index in [0.717, 1.165) is 56.8 Å². The Balaban J connectivity index is 1.29. The molecular formula is C30H38ClN5O4. The fourth-order valence-electron chi connectivity index (χ4n) is 5.30. The van der Waals surface area contributed by atoms with E-state index in [1.54, 1.807) is 0 Å². The second-order valence-electron chi connectivity index (χ2n) is 10.7. The van der Waals surface area contributed by atoms with Gasteiger partial charge in [0.25, 0.3) is 5.91 Å². The van der Waals surface area contributed by atoms with Gasteiger partial charge >= 0.3 is 0 Å². The van der Waals surface area contributed by atoms with E-state index in [-0.39, 0.29) is 11.0 Å². The third kappa shape index (κ3) is 7.69. The zero-order valence-electron chi connectivity index (χ0n) is 23.0. The number of morpholine rings is 1. The highest BCUT2D eigenvalue weighted by molar-refractivity contribution is 6.30. The number of fused-ring (bicyclic) bond motifs is 1. The van der Waals surface area contributed by atoms with Crippen LogP contribution in [0.4, 0.5) is 0 Å². The van der Waals surface area contributed by atoms with Crippen molar-refractivity contribution in [3.63, 3.8) is 0 Å². The molecule has 214 valence electrons. The molecule has 1 aromatic heterocycles. The molecule has 2 fully saturated rings. The van der Waals surface area contributed by atoms with Crippen LogP contribution in [0.15, 0.2) is 53.5 Å². The molecule has 2 aliphatic heterocycles. The molecule has 40 heavy (non-hydrogen) atoms. The Morgan fingerprint density at radius 1 is 1.15 bits per heavy atom. The summed E-state index contributed by atoms with van der Waals surface area (Å²) in [6.45, 7) is 7.29. The Morgan fingerprint density at radius 3 is 2.70 bits per heavy atom. The van der Waals surface area contributed by atoms with Crippen molar-refractivity contribution in [2.24, 2.45) is 0 Å². The number of ether oxygens (including phenoxy) is 2. The molecule has 3 heterocycles. The van der Waals surface area contributed by atoms with Crippen LogP contribution in [0.1, 0.15) is 27.9 Å². The van der Waals surface area contributed by atoms with Crippen molar-refractivity contribution in [1.29, 1.82) is 0 Å². The molecule has 1 amide bonds. The quantitative estimate of drug-likeness (QED) is 0.324. The standard InChI is InChI=1S/C30H38ClN5O4/c1-35-10-9-32-24(20-35)8-13-40-28(17-21-2-5-23(31)6-3-21)34-30(38)26-18-33-27-7-4-22(16-25(27)29(26)37)19-36-11-14-39-15-12-36/h2-7,16,18,24,28,32H,8-15,17,19-20H2,1H3,(H,33,37)(H,34,38). The molecular weight excluding hydrogens is 530 g/mol. The minimum atomic E-state index is -0.599. The van der Waals surface area contributed by atoms with Crippen LogP contribution in [-0.2, 0) is 22.4 Å². The minimum Gasteiger partial charge on any atom is -0.379 e. The van der Waals surface area contributed by atoms with Gasteiger partial charge in [-0.1, -0.05) is 29.8 Å². The largest absolute Gasteiger partial charge is 0.379 e. The van der Waals surface area contributed by atoms with E-state index in [2.05, 4.69) is 32.5 Å².